The summed E-state index contributed by atoms with van der Waals surface area (Å²) in [5, 5.41) is 0. The zero-order valence-electron chi connectivity index (χ0n) is 15.7. The molecule has 2 aromatic carbocycles. The number of carbonyl (C=O) groups is 1. The standard InChI is InChI=1S/C23H26O2S/c1-4-25-22(24)19-10-6-9-17(15-19)7-5-8-18-11-12-21-20(16-18)23(2,3)13-14-26-21/h5-7,9-12,15-16H,4,8,13-14H2,1-3H3/b7-5+. The Morgan fingerprint density at radius 2 is 2.08 bits per heavy atom. The van der Waals surface area contributed by atoms with Gasteiger partial charge in [0.25, 0.3) is 0 Å². The largest absolute Gasteiger partial charge is 0.462 e. The van der Waals surface area contributed by atoms with Crippen LogP contribution in [0.15, 0.2) is 53.4 Å². The first-order chi connectivity index (χ1) is 12.5. The predicted molar refractivity (Wildman–Crippen MR) is 110 cm³/mol. The molecule has 0 saturated carbocycles. The van der Waals surface area contributed by atoms with Crippen molar-refractivity contribution in [2.45, 2.75) is 43.9 Å². The van der Waals surface area contributed by atoms with Crippen LogP contribution >= 0.6 is 11.8 Å². The third-order valence-electron chi connectivity index (χ3n) is 4.82. The first kappa shape index (κ1) is 18.8. The third-order valence-corrected chi connectivity index (χ3v) is 5.89. The maximum atomic E-state index is 11.8. The van der Waals surface area contributed by atoms with E-state index in [0.717, 1.165) is 12.0 Å². The molecule has 3 heteroatoms. The second-order valence-electron chi connectivity index (χ2n) is 7.27. The Bertz CT molecular complexity index is 821. The Hall–Kier alpha value is -2.00. The van der Waals surface area contributed by atoms with Crippen LogP contribution in [0.1, 0.15) is 54.2 Å². The van der Waals surface area contributed by atoms with E-state index in [1.165, 1.54) is 28.2 Å². The summed E-state index contributed by atoms with van der Waals surface area (Å²) >= 11 is 1.97. The minimum atomic E-state index is -0.267. The van der Waals surface area contributed by atoms with Crippen LogP contribution in [0.3, 0.4) is 0 Å². The number of hydrogen-bond acceptors (Lipinski definition) is 3. The molecule has 0 atom stereocenters. The van der Waals surface area contributed by atoms with Crippen LogP contribution in [0, 0.1) is 0 Å². The lowest BCUT2D eigenvalue weighted by Gasteiger charge is -2.32. The topological polar surface area (TPSA) is 26.3 Å². The van der Waals surface area contributed by atoms with Crippen LogP contribution in [0.25, 0.3) is 6.08 Å². The molecule has 3 rings (SSSR count). The first-order valence-corrected chi connectivity index (χ1v) is 10.2. The molecule has 0 aromatic heterocycles. The second-order valence-corrected chi connectivity index (χ2v) is 8.40. The average molecular weight is 367 g/mol. The van der Waals surface area contributed by atoms with Gasteiger partial charge in [0.05, 0.1) is 12.2 Å². The van der Waals surface area contributed by atoms with Gasteiger partial charge in [-0.2, -0.15) is 0 Å². The Morgan fingerprint density at radius 1 is 1.23 bits per heavy atom. The number of hydrogen-bond donors (Lipinski definition) is 0. The number of carbonyl (C=O) groups excluding carboxylic acids is 1. The van der Waals surface area contributed by atoms with Crippen molar-refractivity contribution in [1.82, 2.24) is 0 Å². The summed E-state index contributed by atoms with van der Waals surface area (Å²) in [5.74, 6) is 0.938. The lowest BCUT2D eigenvalue weighted by molar-refractivity contribution is 0.0526. The lowest BCUT2D eigenvalue weighted by Crippen LogP contribution is -2.22. The molecule has 26 heavy (non-hydrogen) atoms. The van der Waals surface area contributed by atoms with Gasteiger partial charge < -0.3 is 4.74 Å². The van der Waals surface area contributed by atoms with Gasteiger partial charge in [-0.15, -0.1) is 11.8 Å². The zero-order valence-corrected chi connectivity index (χ0v) is 16.6. The SMILES string of the molecule is CCOC(=O)c1cccc(/C=C/Cc2ccc3c(c2)C(C)(C)CCS3)c1. The van der Waals surface area contributed by atoms with E-state index in [0.29, 0.717) is 12.2 Å². The van der Waals surface area contributed by atoms with E-state index in [4.69, 9.17) is 4.74 Å². The number of benzene rings is 2. The first-order valence-electron chi connectivity index (χ1n) is 9.19. The zero-order chi connectivity index (χ0) is 18.6. The second kappa shape index (κ2) is 8.13. The Kier molecular flexibility index (Phi) is 5.87. The van der Waals surface area contributed by atoms with Gasteiger partial charge in [0, 0.05) is 4.90 Å². The molecule has 1 aliphatic rings. The monoisotopic (exact) mass is 366 g/mol. The quantitative estimate of drug-likeness (QED) is 0.617. The minimum Gasteiger partial charge on any atom is -0.462 e. The van der Waals surface area contributed by atoms with Crippen molar-refractivity contribution in [2.75, 3.05) is 12.4 Å². The third kappa shape index (κ3) is 4.39. The van der Waals surface area contributed by atoms with Crippen molar-refractivity contribution in [1.29, 1.82) is 0 Å². The van der Waals surface area contributed by atoms with Crippen LogP contribution in [-0.4, -0.2) is 18.3 Å². The molecule has 0 amide bonds. The van der Waals surface area contributed by atoms with E-state index in [9.17, 15) is 4.79 Å². The maximum Gasteiger partial charge on any atom is 0.338 e. The fraction of sp³-hybridized carbons (Fsp3) is 0.348. The smallest absolute Gasteiger partial charge is 0.338 e. The highest BCUT2D eigenvalue weighted by atomic mass is 32.2. The average Bonchev–Trinajstić information content (AvgIpc) is 2.62. The van der Waals surface area contributed by atoms with Gasteiger partial charge in [-0.05, 0) is 65.8 Å². The number of rotatable bonds is 5. The van der Waals surface area contributed by atoms with Gasteiger partial charge in [0.15, 0.2) is 0 Å². The maximum absolute atomic E-state index is 11.8. The van der Waals surface area contributed by atoms with Crippen molar-refractivity contribution in [3.05, 3.63) is 70.8 Å². The van der Waals surface area contributed by atoms with E-state index >= 15 is 0 Å². The van der Waals surface area contributed by atoms with Gasteiger partial charge in [-0.3, -0.25) is 0 Å². The highest BCUT2D eigenvalue weighted by Gasteiger charge is 2.27. The molecular formula is C23H26O2S. The summed E-state index contributed by atoms with van der Waals surface area (Å²) in [4.78, 5) is 13.3. The Morgan fingerprint density at radius 3 is 2.88 bits per heavy atom. The van der Waals surface area contributed by atoms with Crippen molar-refractivity contribution in [3.8, 4) is 0 Å². The molecular weight excluding hydrogens is 340 g/mol. The van der Waals surface area contributed by atoms with E-state index < -0.39 is 0 Å². The summed E-state index contributed by atoms with van der Waals surface area (Å²) in [6.07, 6.45) is 6.35. The van der Waals surface area contributed by atoms with Crippen LogP contribution in [0.4, 0.5) is 0 Å². The highest BCUT2D eigenvalue weighted by Crippen LogP contribution is 2.41. The molecule has 2 nitrogen and oxygen atoms in total. The molecule has 2 aromatic rings. The summed E-state index contributed by atoms with van der Waals surface area (Å²) in [6.45, 7) is 6.89. The van der Waals surface area contributed by atoms with E-state index in [2.05, 4.69) is 44.2 Å². The van der Waals surface area contributed by atoms with Crippen molar-refractivity contribution in [3.63, 3.8) is 0 Å². The molecule has 136 valence electrons. The number of fused-ring (bicyclic) bond motifs is 1. The van der Waals surface area contributed by atoms with Crippen molar-refractivity contribution in [2.24, 2.45) is 0 Å². The van der Waals surface area contributed by atoms with Crippen LogP contribution in [0.5, 0.6) is 0 Å². The summed E-state index contributed by atoms with van der Waals surface area (Å²) < 4.78 is 5.06. The molecule has 1 heterocycles. The van der Waals surface area contributed by atoms with E-state index in [1.54, 1.807) is 6.07 Å². The minimum absolute atomic E-state index is 0.258. The lowest BCUT2D eigenvalue weighted by atomic mass is 9.81. The molecule has 1 aliphatic heterocycles. The fourth-order valence-corrected chi connectivity index (χ4v) is 4.71. The van der Waals surface area contributed by atoms with Crippen LogP contribution < -0.4 is 0 Å². The molecule has 0 unspecified atom stereocenters. The Labute approximate surface area is 160 Å². The predicted octanol–water partition coefficient (Wildman–Crippen LogP) is 5.89. The molecule has 0 saturated heterocycles. The summed E-state index contributed by atoms with van der Waals surface area (Å²) in [7, 11) is 0. The summed E-state index contributed by atoms with van der Waals surface area (Å²) in [5.41, 5.74) is 4.68. The molecule has 0 bridgehead atoms. The summed E-state index contributed by atoms with van der Waals surface area (Å²) in [6, 6.07) is 14.4. The van der Waals surface area contributed by atoms with Crippen LogP contribution in [0.2, 0.25) is 0 Å². The van der Waals surface area contributed by atoms with E-state index in [-0.39, 0.29) is 11.4 Å². The number of ether oxygens (including phenoxy) is 1. The van der Waals surface area contributed by atoms with Gasteiger partial charge in [0.1, 0.15) is 0 Å². The highest BCUT2D eigenvalue weighted by molar-refractivity contribution is 7.99. The van der Waals surface area contributed by atoms with Crippen molar-refractivity contribution < 1.29 is 9.53 Å². The fourth-order valence-electron chi connectivity index (χ4n) is 3.22. The van der Waals surface area contributed by atoms with Crippen molar-refractivity contribution >= 4 is 23.8 Å². The molecule has 0 spiro atoms. The molecule has 0 N–H and O–H groups in total. The molecule has 0 aliphatic carbocycles. The number of allylic oxidation sites excluding steroid dienone is 1. The molecule has 0 fully saturated rings. The van der Waals surface area contributed by atoms with Gasteiger partial charge in [-0.1, -0.05) is 50.3 Å². The molecule has 0 radical (unpaired) electrons. The number of esters is 1. The van der Waals surface area contributed by atoms with Gasteiger partial charge >= 0.3 is 5.97 Å². The number of thioether (sulfide) groups is 1. The van der Waals surface area contributed by atoms with Gasteiger partial charge in [0.2, 0.25) is 0 Å². The normalized spacial score (nSPS) is 15.7. The van der Waals surface area contributed by atoms with Gasteiger partial charge in [-0.25, -0.2) is 4.79 Å². The Balaban J connectivity index is 1.71. The van der Waals surface area contributed by atoms with Crippen LogP contribution in [-0.2, 0) is 16.6 Å². The van der Waals surface area contributed by atoms with E-state index in [1.807, 2.05) is 36.9 Å².